The van der Waals surface area contributed by atoms with Gasteiger partial charge in [-0.3, -0.25) is 4.79 Å². The zero-order valence-electron chi connectivity index (χ0n) is 13.5. The molecule has 3 rings (SSSR count). The summed E-state index contributed by atoms with van der Waals surface area (Å²) in [6, 6.07) is 8.03. The van der Waals surface area contributed by atoms with E-state index < -0.39 is 17.5 Å². The van der Waals surface area contributed by atoms with E-state index in [1.54, 1.807) is 31.2 Å². The number of nitrogens with one attached hydrogen (secondary N) is 1. The molecule has 1 aromatic carbocycles. The van der Waals surface area contributed by atoms with Gasteiger partial charge in [0, 0.05) is 5.39 Å². The highest BCUT2D eigenvalue weighted by atomic mass is 16.5. The van der Waals surface area contributed by atoms with Gasteiger partial charge in [0.1, 0.15) is 23.7 Å². The zero-order valence-corrected chi connectivity index (χ0v) is 13.5. The number of carbonyl (C=O) groups excluding carboxylic acids is 2. The molecule has 0 atom stereocenters. The van der Waals surface area contributed by atoms with Crippen LogP contribution in [0.4, 0.5) is 0 Å². The van der Waals surface area contributed by atoms with Crippen LogP contribution in [0.15, 0.2) is 39.5 Å². The van der Waals surface area contributed by atoms with Gasteiger partial charge in [0.2, 0.25) is 0 Å². The Labute approximate surface area is 141 Å². The molecule has 0 spiro atoms. The molecule has 3 aromatic rings. The van der Waals surface area contributed by atoms with Crippen molar-refractivity contribution in [1.29, 1.82) is 0 Å². The van der Waals surface area contributed by atoms with E-state index in [4.69, 9.17) is 9.15 Å². The van der Waals surface area contributed by atoms with Crippen LogP contribution < -0.4 is 5.56 Å². The maximum Gasteiger partial charge on any atom is 0.359 e. The Morgan fingerprint density at radius 3 is 2.64 bits per heavy atom. The van der Waals surface area contributed by atoms with E-state index in [-0.39, 0.29) is 17.9 Å². The Balaban J connectivity index is 1.81. The van der Waals surface area contributed by atoms with Gasteiger partial charge in [-0.05, 0) is 19.1 Å². The van der Waals surface area contributed by atoms with Gasteiger partial charge in [0.05, 0.1) is 12.5 Å². The van der Waals surface area contributed by atoms with Crippen LogP contribution in [0.1, 0.15) is 32.4 Å². The van der Waals surface area contributed by atoms with Gasteiger partial charge in [0.15, 0.2) is 5.69 Å². The van der Waals surface area contributed by atoms with E-state index in [9.17, 15) is 14.4 Å². The molecule has 0 unspecified atom stereocenters. The number of rotatable bonds is 4. The first kappa shape index (κ1) is 16.4. The van der Waals surface area contributed by atoms with Crippen LogP contribution in [-0.2, 0) is 16.1 Å². The zero-order chi connectivity index (χ0) is 18.0. The van der Waals surface area contributed by atoms with Crippen LogP contribution in [0.25, 0.3) is 10.8 Å². The van der Waals surface area contributed by atoms with Crippen LogP contribution in [0.2, 0.25) is 0 Å². The first-order chi connectivity index (χ1) is 12.0. The van der Waals surface area contributed by atoms with Crippen molar-refractivity contribution in [3.05, 3.63) is 63.5 Å². The number of aromatic nitrogens is 2. The normalized spacial score (nSPS) is 10.6. The lowest BCUT2D eigenvalue weighted by Crippen LogP contribution is -2.15. The molecule has 128 valence electrons. The van der Waals surface area contributed by atoms with Gasteiger partial charge in [-0.25, -0.2) is 14.7 Å². The highest BCUT2D eigenvalue weighted by Gasteiger charge is 2.19. The molecule has 2 aromatic heterocycles. The molecule has 8 heteroatoms. The average molecular weight is 342 g/mol. The molecule has 0 radical (unpaired) electrons. The number of esters is 2. The van der Waals surface area contributed by atoms with Crippen LogP contribution in [0.3, 0.4) is 0 Å². The standard InChI is InChI=1S/C17H14N2O6/c1-9-13(16(21)23-2)7-10(25-9)8-24-17(22)14-11-5-3-4-6-12(11)15(20)19-18-14/h3-7H,8H2,1-2H3,(H,19,20). The molecule has 8 nitrogen and oxygen atoms in total. The fraction of sp³-hybridized carbons (Fsp3) is 0.176. The molecule has 0 saturated carbocycles. The van der Waals surface area contributed by atoms with Crippen LogP contribution in [0, 0.1) is 6.92 Å². The minimum Gasteiger partial charge on any atom is -0.465 e. The number of carbonyl (C=O) groups is 2. The largest absolute Gasteiger partial charge is 0.465 e. The van der Waals surface area contributed by atoms with Crippen molar-refractivity contribution in [2.45, 2.75) is 13.5 Å². The fourth-order valence-corrected chi connectivity index (χ4v) is 2.40. The molecule has 0 aliphatic carbocycles. The number of aryl methyl sites for hydroxylation is 1. The van der Waals surface area contributed by atoms with Crippen LogP contribution >= 0.6 is 0 Å². The number of methoxy groups -OCH3 is 1. The predicted octanol–water partition coefficient (Wildman–Crippen LogP) is 1.97. The van der Waals surface area contributed by atoms with E-state index in [0.717, 1.165) is 0 Å². The summed E-state index contributed by atoms with van der Waals surface area (Å²) >= 11 is 0. The van der Waals surface area contributed by atoms with Crippen molar-refractivity contribution in [3.8, 4) is 0 Å². The lowest BCUT2D eigenvalue weighted by Gasteiger charge is -2.04. The monoisotopic (exact) mass is 342 g/mol. The molecule has 25 heavy (non-hydrogen) atoms. The highest BCUT2D eigenvalue weighted by molar-refractivity contribution is 6.02. The molecule has 0 saturated heterocycles. The van der Waals surface area contributed by atoms with Gasteiger partial charge < -0.3 is 13.9 Å². The molecular formula is C17H14N2O6. The van der Waals surface area contributed by atoms with Crippen molar-refractivity contribution in [2.75, 3.05) is 7.11 Å². The van der Waals surface area contributed by atoms with Gasteiger partial charge in [-0.1, -0.05) is 18.2 Å². The number of nitrogens with zero attached hydrogens (tertiary/aromatic N) is 1. The average Bonchev–Trinajstić information content (AvgIpc) is 3.00. The summed E-state index contributed by atoms with van der Waals surface area (Å²) in [4.78, 5) is 35.6. The number of fused-ring (bicyclic) bond motifs is 1. The highest BCUT2D eigenvalue weighted by Crippen LogP contribution is 2.18. The van der Waals surface area contributed by atoms with Crippen molar-refractivity contribution in [3.63, 3.8) is 0 Å². The lowest BCUT2D eigenvalue weighted by atomic mass is 10.1. The Hall–Kier alpha value is -3.42. The van der Waals surface area contributed by atoms with Crippen molar-refractivity contribution < 1.29 is 23.5 Å². The van der Waals surface area contributed by atoms with E-state index in [2.05, 4.69) is 14.9 Å². The second kappa shape index (κ2) is 6.60. The summed E-state index contributed by atoms with van der Waals surface area (Å²) < 4.78 is 15.2. The number of benzene rings is 1. The minimum atomic E-state index is -0.721. The summed E-state index contributed by atoms with van der Waals surface area (Å²) in [5.41, 5.74) is -0.135. The molecule has 0 fully saturated rings. The van der Waals surface area contributed by atoms with E-state index in [0.29, 0.717) is 22.3 Å². The number of hydrogen-bond acceptors (Lipinski definition) is 7. The Bertz CT molecular complexity index is 1020. The van der Waals surface area contributed by atoms with E-state index >= 15 is 0 Å². The van der Waals surface area contributed by atoms with Gasteiger partial charge in [-0.15, -0.1) is 0 Å². The smallest absolute Gasteiger partial charge is 0.359 e. The summed E-state index contributed by atoms with van der Waals surface area (Å²) in [5.74, 6) is -0.598. The van der Waals surface area contributed by atoms with Crippen molar-refractivity contribution in [1.82, 2.24) is 10.2 Å². The number of H-pyrrole nitrogens is 1. The third kappa shape index (κ3) is 3.14. The van der Waals surface area contributed by atoms with Crippen molar-refractivity contribution in [2.24, 2.45) is 0 Å². The summed E-state index contributed by atoms with van der Waals surface area (Å²) in [6.45, 7) is 1.42. The van der Waals surface area contributed by atoms with Crippen LogP contribution in [0.5, 0.6) is 0 Å². The first-order valence-corrected chi connectivity index (χ1v) is 7.33. The summed E-state index contributed by atoms with van der Waals surface area (Å²) in [5, 5.41) is 6.76. The summed E-state index contributed by atoms with van der Waals surface area (Å²) in [6.07, 6.45) is 0. The number of ether oxygens (including phenoxy) is 2. The van der Waals surface area contributed by atoms with E-state index in [1.807, 2.05) is 0 Å². The summed E-state index contributed by atoms with van der Waals surface area (Å²) in [7, 11) is 1.27. The maximum atomic E-state index is 12.3. The second-order valence-corrected chi connectivity index (χ2v) is 5.20. The first-order valence-electron chi connectivity index (χ1n) is 7.33. The minimum absolute atomic E-state index is 0.00771. The molecule has 2 heterocycles. The SMILES string of the molecule is COC(=O)c1cc(COC(=O)c2n[nH]c(=O)c3ccccc23)oc1C. The maximum absolute atomic E-state index is 12.3. The van der Waals surface area contributed by atoms with Gasteiger partial charge >= 0.3 is 11.9 Å². The third-order valence-corrected chi connectivity index (χ3v) is 3.61. The Morgan fingerprint density at radius 1 is 1.20 bits per heavy atom. The number of hydrogen-bond donors (Lipinski definition) is 1. The van der Waals surface area contributed by atoms with E-state index in [1.165, 1.54) is 13.2 Å². The molecule has 1 N–H and O–H groups in total. The Morgan fingerprint density at radius 2 is 1.92 bits per heavy atom. The second-order valence-electron chi connectivity index (χ2n) is 5.20. The van der Waals surface area contributed by atoms with Crippen molar-refractivity contribution >= 4 is 22.7 Å². The molecule has 0 bridgehead atoms. The topological polar surface area (TPSA) is 111 Å². The Kier molecular flexibility index (Phi) is 4.34. The molecule has 0 aliphatic rings. The third-order valence-electron chi connectivity index (χ3n) is 3.61. The lowest BCUT2D eigenvalue weighted by molar-refractivity contribution is 0.0438. The number of aromatic amines is 1. The molecule has 0 aliphatic heterocycles. The van der Waals surface area contributed by atoms with Gasteiger partial charge in [0.25, 0.3) is 5.56 Å². The quantitative estimate of drug-likeness (QED) is 0.721. The fourth-order valence-electron chi connectivity index (χ4n) is 2.40. The van der Waals surface area contributed by atoms with Crippen LogP contribution in [-0.4, -0.2) is 29.2 Å². The molecular weight excluding hydrogens is 328 g/mol. The number of furan rings is 1. The molecule has 0 amide bonds. The predicted molar refractivity (Wildman–Crippen MR) is 86.3 cm³/mol. The van der Waals surface area contributed by atoms with Gasteiger partial charge in [-0.2, -0.15) is 5.10 Å².